The molecule has 0 aromatic heterocycles. The maximum absolute atomic E-state index is 13.2. The Labute approximate surface area is 99.8 Å². The lowest BCUT2D eigenvalue weighted by atomic mass is 9.76. The molecule has 92 valence electrons. The first-order chi connectivity index (χ1) is 8.31. The van der Waals surface area contributed by atoms with Crippen LogP contribution in [-0.2, 0) is 25.4 Å². The van der Waals surface area contributed by atoms with E-state index in [1.54, 1.807) is 13.2 Å². The summed E-state index contributed by atoms with van der Waals surface area (Å²) in [4.78, 5) is 0. The number of halogens is 1. The van der Waals surface area contributed by atoms with Gasteiger partial charge in [-0.3, -0.25) is 0 Å². The molecule has 0 aliphatic carbocycles. The molecule has 4 nitrogen and oxygen atoms in total. The Morgan fingerprint density at radius 1 is 1.35 bits per heavy atom. The van der Waals surface area contributed by atoms with Crippen LogP contribution in [0.5, 0.6) is 0 Å². The monoisotopic (exact) mass is 240 g/mol. The minimum absolute atomic E-state index is 0.198. The van der Waals surface area contributed by atoms with Crippen LogP contribution in [0, 0.1) is 5.82 Å². The number of rotatable bonds is 5. The molecule has 17 heavy (non-hydrogen) atoms. The van der Waals surface area contributed by atoms with Crippen molar-refractivity contribution in [3.8, 4) is 0 Å². The Bertz CT molecular complexity index is 368. The van der Waals surface area contributed by atoms with E-state index in [4.69, 9.17) is 18.8 Å². The van der Waals surface area contributed by atoms with Gasteiger partial charge in [0.25, 0.3) is 0 Å². The maximum atomic E-state index is 13.2. The van der Waals surface area contributed by atoms with E-state index in [0.717, 1.165) is 5.56 Å². The third-order valence-corrected chi connectivity index (χ3v) is 2.44. The third-order valence-electron chi connectivity index (χ3n) is 2.44. The van der Waals surface area contributed by atoms with Gasteiger partial charge in [-0.05, 0) is 23.2 Å². The molecular formula is C11H14BFO4. The number of hydrogen-bond donors (Lipinski definition) is 0. The molecule has 1 saturated heterocycles. The molecule has 1 aliphatic rings. The van der Waals surface area contributed by atoms with Gasteiger partial charge in [-0.2, -0.15) is 0 Å². The van der Waals surface area contributed by atoms with Crippen molar-refractivity contribution in [2.24, 2.45) is 0 Å². The first-order valence-corrected chi connectivity index (χ1v) is 5.39. The zero-order chi connectivity index (χ0) is 12.1. The van der Waals surface area contributed by atoms with Crippen LogP contribution in [0.1, 0.15) is 5.56 Å². The van der Waals surface area contributed by atoms with E-state index in [2.05, 4.69) is 0 Å². The number of benzene rings is 1. The standard InChI is InChI=1S/C11H14BFO4/c1-14-8-15-7-9-2-3-10(13)6-11(9)12-16-4-5-17-12/h2-3,6H,4-5,7-8H2,1H3. The molecule has 1 heterocycles. The molecule has 6 heteroatoms. The largest absolute Gasteiger partial charge is 0.494 e. The molecule has 0 radical (unpaired) electrons. The van der Waals surface area contributed by atoms with Gasteiger partial charge in [-0.1, -0.05) is 6.07 Å². The highest BCUT2D eigenvalue weighted by atomic mass is 19.1. The molecule has 0 spiro atoms. The van der Waals surface area contributed by atoms with Crippen LogP contribution in [0.3, 0.4) is 0 Å². The van der Waals surface area contributed by atoms with Crippen molar-refractivity contribution in [3.63, 3.8) is 0 Å². The van der Waals surface area contributed by atoms with Crippen LogP contribution in [-0.4, -0.2) is 34.2 Å². The third kappa shape index (κ3) is 3.26. The van der Waals surface area contributed by atoms with Gasteiger partial charge < -0.3 is 18.8 Å². The quantitative estimate of drug-likeness (QED) is 0.431. The molecule has 0 atom stereocenters. The van der Waals surface area contributed by atoms with Crippen LogP contribution in [0.15, 0.2) is 18.2 Å². The summed E-state index contributed by atoms with van der Waals surface area (Å²) in [5, 5.41) is 0. The van der Waals surface area contributed by atoms with E-state index in [0.29, 0.717) is 25.3 Å². The molecule has 0 saturated carbocycles. The number of ether oxygens (including phenoxy) is 2. The molecule has 1 aromatic rings. The first kappa shape index (κ1) is 12.5. The summed E-state index contributed by atoms with van der Waals surface area (Å²) in [6, 6.07) is 4.48. The lowest BCUT2D eigenvalue weighted by molar-refractivity contribution is -0.0388. The SMILES string of the molecule is COCOCc1ccc(F)cc1B1OCCO1. The van der Waals surface area contributed by atoms with Crippen molar-refractivity contribution in [3.05, 3.63) is 29.6 Å². The highest BCUT2D eigenvalue weighted by Crippen LogP contribution is 2.08. The zero-order valence-electron chi connectivity index (χ0n) is 9.65. The average Bonchev–Trinajstić information content (AvgIpc) is 2.85. The number of methoxy groups -OCH3 is 1. The second-order valence-electron chi connectivity index (χ2n) is 3.67. The van der Waals surface area contributed by atoms with E-state index < -0.39 is 7.12 Å². The van der Waals surface area contributed by atoms with Crippen molar-refractivity contribution in [1.82, 2.24) is 0 Å². The second kappa shape index (κ2) is 6.11. The maximum Gasteiger partial charge on any atom is 0.494 e. The van der Waals surface area contributed by atoms with Crippen LogP contribution in [0.25, 0.3) is 0 Å². The van der Waals surface area contributed by atoms with Gasteiger partial charge in [0, 0.05) is 7.11 Å². The van der Waals surface area contributed by atoms with Gasteiger partial charge in [-0.25, -0.2) is 4.39 Å². The molecule has 0 bridgehead atoms. The van der Waals surface area contributed by atoms with Gasteiger partial charge in [0.1, 0.15) is 12.6 Å². The van der Waals surface area contributed by atoms with Crippen molar-refractivity contribution in [2.45, 2.75) is 6.61 Å². The normalized spacial score (nSPS) is 15.5. The summed E-state index contributed by atoms with van der Waals surface area (Å²) in [7, 11) is 1.06. The van der Waals surface area contributed by atoms with Crippen molar-refractivity contribution < 1.29 is 23.2 Å². The van der Waals surface area contributed by atoms with E-state index in [9.17, 15) is 4.39 Å². The average molecular weight is 240 g/mol. The van der Waals surface area contributed by atoms with E-state index in [-0.39, 0.29) is 12.6 Å². The second-order valence-corrected chi connectivity index (χ2v) is 3.67. The first-order valence-electron chi connectivity index (χ1n) is 5.39. The molecule has 2 rings (SSSR count). The van der Waals surface area contributed by atoms with Gasteiger partial charge in [0.15, 0.2) is 0 Å². The smallest absolute Gasteiger partial charge is 0.405 e. The summed E-state index contributed by atoms with van der Waals surface area (Å²) in [5.41, 5.74) is 1.52. The van der Waals surface area contributed by atoms with Crippen LogP contribution >= 0.6 is 0 Å². The molecule has 1 aromatic carbocycles. The molecule has 0 unspecified atom stereocenters. The van der Waals surface area contributed by atoms with Gasteiger partial charge >= 0.3 is 7.12 Å². The Morgan fingerprint density at radius 2 is 2.12 bits per heavy atom. The Morgan fingerprint density at radius 3 is 2.82 bits per heavy atom. The van der Waals surface area contributed by atoms with Crippen molar-refractivity contribution in [1.29, 1.82) is 0 Å². The predicted molar refractivity (Wildman–Crippen MR) is 60.4 cm³/mol. The van der Waals surface area contributed by atoms with Crippen molar-refractivity contribution in [2.75, 3.05) is 27.1 Å². The molecule has 1 aliphatic heterocycles. The highest BCUT2D eigenvalue weighted by molar-refractivity contribution is 6.62. The Hall–Kier alpha value is -0.945. The van der Waals surface area contributed by atoms with Gasteiger partial charge in [0.05, 0.1) is 19.8 Å². The fourth-order valence-electron chi connectivity index (χ4n) is 1.69. The topological polar surface area (TPSA) is 36.9 Å². The van der Waals surface area contributed by atoms with Gasteiger partial charge in [-0.15, -0.1) is 0 Å². The van der Waals surface area contributed by atoms with Crippen LogP contribution in [0.4, 0.5) is 4.39 Å². The minimum Gasteiger partial charge on any atom is -0.405 e. The summed E-state index contributed by atoms with van der Waals surface area (Å²) in [6.07, 6.45) is 0. The minimum atomic E-state index is -0.494. The summed E-state index contributed by atoms with van der Waals surface area (Å²) >= 11 is 0. The zero-order valence-corrected chi connectivity index (χ0v) is 9.65. The lowest BCUT2D eigenvalue weighted by Gasteiger charge is -2.11. The Kier molecular flexibility index (Phi) is 4.50. The Balaban J connectivity index is 2.12. The van der Waals surface area contributed by atoms with Crippen LogP contribution in [0.2, 0.25) is 0 Å². The van der Waals surface area contributed by atoms with E-state index in [1.807, 2.05) is 0 Å². The lowest BCUT2D eigenvalue weighted by Crippen LogP contribution is -2.35. The summed E-state index contributed by atoms with van der Waals surface area (Å²) < 4.78 is 34.0. The molecule has 1 fully saturated rings. The van der Waals surface area contributed by atoms with E-state index >= 15 is 0 Å². The predicted octanol–water partition coefficient (Wildman–Crippen LogP) is 0.688. The highest BCUT2D eigenvalue weighted by Gasteiger charge is 2.29. The summed E-state index contributed by atoms with van der Waals surface area (Å²) in [5.74, 6) is -0.311. The van der Waals surface area contributed by atoms with Crippen LogP contribution < -0.4 is 5.46 Å². The molecule has 0 amide bonds. The van der Waals surface area contributed by atoms with Crippen molar-refractivity contribution >= 4 is 12.6 Å². The molecule has 0 N–H and O–H groups in total. The van der Waals surface area contributed by atoms with Gasteiger partial charge in [0.2, 0.25) is 0 Å². The van der Waals surface area contributed by atoms with E-state index in [1.165, 1.54) is 12.1 Å². The summed E-state index contributed by atoms with van der Waals surface area (Å²) in [6.45, 7) is 1.59. The number of hydrogen-bond acceptors (Lipinski definition) is 4. The molecular weight excluding hydrogens is 226 g/mol. The fraction of sp³-hybridized carbons (Fsp3) is 0.455. The fourth-order valence-corrected chi connectivity index (χ4v) is 1.69.